The average Bonchev–Trinajstić information content (AvgIpc) is 3.03. The summed E-state index contributed by atoms with van der Waals surface area (Å²) in [7, 11) is 3.75. The Bertz CT molecular complexity index is 1040. The van der Waals surface area contributed by atoms with Crippen LogP contribution in [0, 0.1) is 18.3 Å². The highest BCUT2D eigenvalue weighted by Gasteiger charge is 2.33. The van der Waals surface area contributed by atoms with Gasteiger partial charge in [0.2, 0.25) is 0 Å². The number of hydrogen-bond acceptors (Lipinski definition) is 8. The van der Waals surface area contributed by atoms with Crippen LogP contribution in [0.4, 0.5) is 5.82 Å². The maximum atomic E-state index is 13.1. The Morgan fingerprint density at radius 2 is 1.91 bits per heavy atom. The molecule has 0 N–H and O–H groups in total. The maximum Gasteiger partial charge on any atom is 0.270 e. The van der Waals surface area contributed by atoms with Gasteiger partial charge in [-0.15, -0.1) is 0 Å². The highest BCUT2D eigenvalue weighted by molar-refractivity contribution is 8.26. The van der Waals surface area contributed by atoms with Gasteiger partial charge >= 0.3 is 0 Å². The molecule has 172 valence electrons. The Balaban J connectivity index is 2.01. The van der Waals surface area contributed by atoms with E-state index in [2.05, 4.69) is 16.8 Å². The number of likely N-dealkylation sites (N-methyl/N-ethyl adjacent to an activating group) is 1. The van der Waals surface area contributed by atoms with Crippen LogP contribution in [-0.4, -0.2) is 77.6 Å². The van der Waals surface area contributed by atoms with Gasteiger partial charge in [0.25, 0.3) is 11.5 Å². The predicted octanol–water partition coefficient (Wildman–Crippen LogP) is 1.95. The van der Waals surface area contributed by atoms with E-state index in [-0.39, 0.29) is 17.0 Å². The monoisotopic (exact) mass is 475 g/mol. The number of piperazine rings is 1. The molecule has 2 aliphatic heterocycles. The molecule has 0 unspecified atom stereocenters. The van der Waals surface area contributed by atoms with E-state index in [9.17, 15) is 14.9 Å². The first-order valence-electron chi connectivity index (χ1n) is 10.7. The van der Waals surface area contributed by atoms with Crippen LogP contribution in [0.2, 0.25) is 0 Å². The minimum Gasteiger partial charge on any atom is -0.382 e. The Kier molecular flexibility index (Phi) is 8.11. The van der Waals surface area contributed by atoms with Gasteiger partial charge in [0, 0.05) is 58.5 Å². The minimum absolute atomic E-state index is 0.101. The lowest BCUT2D eigenvalue weighted by Gasteiger charge is -2.36. The van der Waals surface area contributed by atoms with E-state index >= 15 is 0 Å². The van der Waals surface area contributed by atoms with Gasteiger partial charge in [-0.05, 0) is 39.0 Å². The van der Waals surface area contributed by atoms with Crippen LogP contribution in [0.5, 0.6) is 0 Å². The van der Waals surface area contributed by atoms with Gasteiger partial charge in [-0.3, -0.25) is 19.1 Å². The fourth-order valence-corrected chi connectivity index (χ4v) is 5.20. The molecule has 8 nitrogen and oxygen atoms in total. The number of amides is 1. The molecule has 2 aliphatic rings. The zero-order valence-electron chi connectivity index (χ0n) is 19.0. The number of thioether (sulfide) groups is 1. The molecule has 3 rings (SSSR count). The van der Waals surface area contributed by atoms with Crippen molar-refractivity contribution in [1.29, 1.82) is 5.26 Å². The maximum absolute atomic E-state index is 13.1. The minimum atomic E-state index is -0.320. The van der Waals surface area contributed by atoms with Crippen molar-refractivity contribution in [3.63, 3.8) is 0 Å². The Morgan fingerprint density at radius 3 is 2.53 bits per heavy atom. The summed E-state index contributed by atoms with van der Waals surface area (Å²) in [5.41, 5.74) is 1.09. The molecule has 1 amide bonds. The van der Waals surface area contributed by atoms with Gasteiger partial charge < -0.3 is 14.5 Å². The molecule has 2 saturated heterocycles. The van der Waals surface area contributed by atoms with Gasteiger partial charge in [-0.25, -0.2) is 0 Å². The molecule has 1 aromatic heterocycles. The smallest absolute Gasteiger partial charge is 0.270 e. The number of thiocarbonyl (C=S) groups is 1. The van der Waals surface area contributed by atoms with E-state index in [4.69, 9.17) is 17.0 Å². The Labute approximate surface area is 198 Å². The second kappa shape index (κ2) is 10.6. The van der Waals surface area contributed by atoms with Gasteiger partial charge in [0.1, 0.15) is 21.8 Å². The van der Waals surface area contributed by atoms with Crippen molar-refractivity contribution in [2.45, 2.75) is 20.3 Å². The first kappa shape index (κ1) is 24.5. The summed E-state index contributed by atoms with van der Waals surface area (Å²) in [6, 6.07) is 2.04. The summed E-state index contributed by atoms with van der Waals surface area (Å²) < 4.78 is 7.42. The lowest BCUT2D eigenvalue weighted by molar-refractivity contribution is -0.122. The van der Waals surface area contributed by atoms with Crippen molar-refractivity contribution >= 4 is 46.1 Å². The zero-order chi connectivity index (χ0) is 23.4. The summed E-state index contributed by atoms with van der Waals surface area (Å²) in [6.07, 6.45) is 2.50. The zero-order valence-corrected chi connectivity index (χ0v) is 20.6. The van der Waals surface area contributed by atoms with Crippen molar-refractivity contribution in [1.82, 2.24) is 14.4 Å². The van der Waals surface area contributed by atoms with Crippen LogP contribution >= 0.6 is 24.0 Å². The first-order chi connectivity index (χ1) is 15.3. The molecule has 0 spiro atoms. The summed E-state index contributed by atoms with van der Waals surface area (Å²) >= 11 is 6.71. The van der Waals surface area contributed by atoms with Crippen LogP contribution in [0.15, 0.2) is 9.70 Å². The molecule has 0 atom stereocenters. The van der Waals surface area contributed by atoms with Crippen molar-refractivity contribution in [2.75, 3.05) is 57.9 Å². The Morgan fingerprint density at radius 1 is 1.22 bits per heavy atom. The van der Waals surface area contributed by atoms with E-state index in [1.807, 2.05) is 13.0 Å². The molecular weight excluding hydrogens is 446 g/mol. The molecule has 0 aromatic carbocycles. The standard InChI is InChI=1S/C22H29N5O3S2/c1-5-30-12-6-7-27-21(29)18(32-22(27)31)13-16-15(2)17(14-23)20(28)25(4)19(16)26-10-8-24(3)9-11-26/h13H,5-12H2,1-4H3/b18-13-. The summed E-state index contributed by atoms with van der Waals surface area (Å²) in [5, 5.41) is 9.60. The second-order valence-electron chi connectivity index (χ2n) is 7.89. The summed E-state index contributed by atoms with van der Waals surface area (Å²) in [6.45, 7) is 8.68. The largest absolute Gasteiger partial charge is 0.382 e. The van der Waals surface area contributed by atoms with Gasteiger partial charge in [-0.2, -0.15) is 5.26 Å². The second-order valence-corrected chi connectivity index (χ2v) is 9.56. The molecule has 32 heavy (non-hydrogen) atoms. The first-order valence-corrected chi connectivity index (χ1v) is 11.9. The summed E-state index contributed by atoms with van der Waals surface area (Å²) in [5.74, 6) is 0.591. The number of rotatable bonds is 7. The molecule has 0 bridgehead atoms. The molecule has 10 heteroatoms. The third kappa shape index (κ3) is 4.91. The molecule has 3 heterocycles. The van der Waals surface area contributed by atoms with E-state index in [1.54, 1.807) is 24.9 Å². The third-order valence-corrected chi connectivity index (χ3v) is 7.17. The Hall–Kier alpha value is -2.19. The highest BCUT2D eigenvalue weighted by Crippen LogP contribution is 2.35. The van der Waals surface area contributed by atoms with E-state index < -0.39 is 0 Å². The van der Waals surface area contributed by atoms with Crippen molar-refractivity contribution in [3.8, 4) is 6.07 Å². The van der Waals surface area contributed by atoms with Crippen molar-refractivity contribution in [2.24, 2.45) is 7.05 Å². The van der Waals surface area contributed by atoms with Crippen molar-refractivity contribution in [3.05, 3.63) is 31.9 Å². The van der Waals surface area contributed by atoms with Gasteiger partial charge in [-0.1, -0.05) is 24.0 Å². The SMILES string of the molecule is CCOCCCN1C(=O)/C(=C/c2c(C)c(C#N)c(=O)n(C)c2N2CCN(C)CC2)SC1=S. The number of nitriles is 1. The topological polar surface area (TPSA) is 81.8 Å². The number of pyridine rings is 1. The van der Waals surface area contributed by atoms with Crippen LogP contribution in [0.1, 0.15) is 30.0 Å². The predicted molar refractivity (Wildman–Crippen MR) is 132 cm³/mol. The molecule has 1 aromatic rings. The number of aromatic nitrogens is 1. The van der Waals surface area contributed by atoms with E-state index in [0.717, 1.165) is 37.6 Å². The van der Waals surface area contributed by atoms with E-state index in [1.165, 1.54) is 16.3 Å². The molecular formula is C22H29N5O3S2. The quantitative estimate of drug-likeness (QED) is 0.336. The third-order valence-electron chi connectivity index (χ3n) is 5.79. The molecule has 2 fully saturated rings. The molecule has 0 aliphatic carbocycles. The number of hydrogen-bond donors (Lipinski definition) is 0. The van der Waals surface area contributed by atoms with Crippen LogP contribution in [-0.2, 0) is 16.6 Å². The normalized spacial score (nSPS) is 18.7. The van der Waals surface area contributed by atoms with E-state index in [0.29, 0.717) is 41.0 Å². The fourth-order valence-electron chi connectivity index (χ4n) is 3.91. The van der Waals surface area contributed by atoms with Crippen LogP contribution in [0.25, 0.3) is 6.08 Å². The fraction of sp³-hybridized carbons (Fsp3) is 0.545. The van der Waals surface area contributed by atoms with Crippen molar-refractivity contribution < 1.29 is 9.53 Å². The van der Waals surface area contributed by atoms with Gasteiger partial charge in [0.15, 0.2) is 0 Å². The number of carbonyl (C=O) groups excluding carboxylic acids is 1. The average molecular weight is 476 g/mol. The number of anilines is 1. The summed E-state index contributed by atoms with van der Waals surface area (Å²) in [4.78, 5) is 32.4. The lowest BCUT2D eigenvalue weighted by Crippen LogP contribution is -2.46. The lowest BCUT2D eigenvalue weighted by atomic mass is 10.0. The molecule has 0 saturated carbocycles. The number of ether oxygens (including phenoxy) is 1. The highest BCUT2D eigenvalue weighted by atomic mass is 32.2. The van der Waals surface area contributed by atoms with Crippen LogP contribution < -0.4 is 10.5 Å². The number of carbonyl (C=O) groups is 1. The molecule has 0 radical (unpaired) electrons. The van der Waals surface area contributed by atoms with Gasteiger partial charge in [0.05, 0.1) is 4.91 Å². The number of nitrogens with zero attached hydrogens (tertiary/aromatic N) is 5. The van der Waals surface area contributed by atoms with Crippen LogP contribution in [0.3, 0.4) is 0 Å².